The van der Waals surface area contributed by atoms with Crippen molar-refractivity contribution in [2.24, 2.45) is 0 Å². The lowest BCUT2D eigenvalue weighted by Gasteiger charge is -2.00. The number of carbonyl (C=O) groups excluding carboxylic acids is 2. The second-order valence-corrected chi connectivity index (χ2v) is 3.71. The van der Waals surface area contributed by atoms with Gasteiger partial charge in [-0.1, -0.05) is 31.2 Å². The van der Waals surface area contributed by atoms with Crippen molar-refractivity contribution in [2.75, 3.05) is 13.7 Å². The Morgan fingerprint density at radius 3 is 2.50 bits per heavy atom. The Kier molecular flexibility index (Phi) is 5.64. The van der Waals surface area contributed by atoms with Gasteiger partial charge >= 0.3 is 5.97 Å². The minimum atomic E-state index is -0.376. The minimum Gasteiger partial charge on any atom is -0.468 e. The van der Waals surface area contributed by atoms with E-state index in [1.165, 1.54) is 24.9 Å². The smallest absolute Gasteiger partial charge is 0.325 e. The van der Waals surface area contributed by atoms with Gasteiger partial charge in [0.05, 0.1) is 7.11 Å². The fraction of sp³-hybridized carbons (Fsp3) is 0.286. The van der Waals surface area contributed by atoms with Crippen LogP contribution in [-0.2, 0) is 16.0 Å². The number of hydrogen-bond donors (Lipinski definition) is 1. The van der Waals surface area contributed by atoms with E-state index in [-0.39, 0.29) is 18.3 Å². The molecule has 1 aromatic rings. The Morgan fingerprint density at radius 2 is 1.94 bits per heavy atom. The summed E-state index contributed by atoms with van der Waals surface area (Å²) in [5.74, 6) is -0.477. The summed E-state index contributed by atoms with van der Waals surface area (Å²) < 4.78 is 4.45. The summed E-state index contributed by atoms with van der Waals surface area (Å²) in [7, 11) is 1.31. The van der Waals surface area contributed by atoms with Crippen LogP contribution >= 0.6 is 0 Å². The molecule has 0 spiro atoms. The SMILES string of the molecule is CCc1ccc(C(=O)C=CNCC(=O)OC)cc1. The molecule has 4 nitrogen and oxygen atoms in total. The zero-order chi connectivity index (χ0) is 13.4. The maximum atomic E-state index is 11.7. The number of nitrogens with one attached hydrogen (secondary N) is 1. The second-order valence-electron chi connectivity index (χ2n) is 3.71. The number of esters is 1. The maximum absolute atomic E-state index is 11.7. The van der Waals surface area contributed by atoms with Gasteiger partial charge < -0.3 is 10.1 Å². The van der Waals surface area contributed by atoms with Crippen molar-refractivity contribution in [1.82, 2.24) is 5.32 Å². The Labute approximate surface area is 107 Å². The van der Waals surface area contributed by atoms with Crippen LogP contribution < -0.4 is 5.32 Å². The summed E-state index contributed by atoms with van der Waals surface area (Å²) in [6.07, 6.45) is 3.79. The van der Waals surface area contributed by atoms with Gasteiger partial charge in [-0.05, 0) is 12.0 Å². The largest absolute Gasteiger partial charge is 0.468 e. The van der Waals surface area contributed by atoms with Crippen LogP contribution in [0.2, 0.25) is 0 Å². The van der Waals surface area contributed by atoms with Crippen molar-refractivity contribution >= 4 is 11.8 Å². The van der Waals surface area contributed by atoms with Crippen LogP contribution in [-0.4, -0.2) is 25.4 Å². The molecular formula is C14H17NO3. The van der Waals surface area contributed by atoms with Crippen LogP contribution in [0, 0.1) is 0 Å². The van der Waals surface area contributed by atoms with E-state index in [9.17, 15) is 9.59 Å². The molecule has 0 unspecified atom stereocenters. The van der Waals surface area contributed by atoms with Crippen LogP contribution in [0.3, 0.4) is 0 Å². The molecule has 4 heteroatoms. The molecular weight excluding hydrogens is 230 g/mol. The molecule has 1 rings (SSSR count). The van der Waals surface area contributed by atoms with Gasteiger partial charge in [0, 0.05) is 17.8 Å². The third kappa shape index (κ3) is 4.41. The highest BCUT2D eigenvalue weighted by Gasteiger charge is 2.01. The van der Waals surface area contributed by atoms with E-state index in [1.807, 2.05) is 12.1 Å². The summed E-state index contributed by atoms with van der Waals surface area (Å²) in [6, 6.07) is 7.46. The third-order valence-corrected chi connectivity index (χ3v) is 2.47. The highest BCUT2D eigenvalue weighted by atomic mass is 16.5. The summed E-state index contributed by atoms with van der Waals surface area (Å²) in [6.45, 7) is 2.11. The lowest BCUT2D eigenvalue weighted by molar-refractivity contribution is -0.139. The van der Waals surface area contributed by atoms with E-state index in [0.717, 1.165) is 6.42 Å². The predicted molar refractivity (Wildman–Crippen MR) is 69.3 cm³/mol. The number of hydrogen-bond acceptors (Lipinski definition) is 4. The number of carbonyl (C=O) groups is 2. The normalized spacial score (nSPS) is 10.3. The van der Waals surface area contributed by atoms with Gasteiger partial charge in [0.1, 0.15) is 6.54 Å². The van der Waals surface area contributed by atoms with Crippen LogP contribution in [0.15, 0.2) is 36.5 Å². The second kappa shape index (κ2) is 7.27. The first-order valence-electron chi connectivity index (χ1n) is 5.77. The summed E-state index contributed by atoms with van der Waals surface area (Å²) >= 11 is 0. The van der Waals surface area contributed by atoms with E-state index >= 15 is 0 Å². The van der Waals surface area contributed by atoms with Gasteiger partial charge in [-0.2, -0.15) is 0 Å². The molecule has 0 heterocycles. The Bertz CT molecular complexity index is 435. The molecule has 1 N–H and O–H groups in total. The molecule has 18 heavy (non-hydrogen) atoms. The van der Waals surface area contributed by atoms with E-state index < -0.39 is 0 Å². The van der Waals surface area contributed by atoms with E-state index in [4.69, 9.17) is 0 Å². The first-order valence-corrected chi connectivity index (χ1v) is 5.77. The average molecular weight is 247 g/mol. The number of allylic oxidation sites excluding steroid dienone is 1. The number of ketones is 1. The van der Waals surface area contributed by atoms with Crippen LogP contribution in [0.4, 0.5) is 0 Å². The molecule has 0 aliphatic rings. The van der Waals surface area contributed by atoms with Gasteiger partial charge in [-0.25, -0.2) is 0 Å². The first kappa shape index (κ1) is 14.0. The minimum absolute atomic E-state index is 0.0506. The highest BCUT2D eigenvalue weighted by Crippen LogP contribution is 2.06. The standard InChI is InChI=1S/C14H17NO3/c1-3-11-4-6-12(7-5-11)13(16)8-9-15-10-14(17)18-2/h4-9,15H,3,10H2,1-2H3. The summed E-state index contributed by atoms with van der Waals surface area (Å²) in [4.78, 5) is 22.5. The van der Waals surface area contributed by atoms with Crippen molar-refractivity contribution in [1.29, 1.82) is 0 Å². The zero-order valence-electron chi connectivity index (χ0n) is 10.6. The van der Waals surface area contributed by atoms with E-state index in [0.29, 0.717) is 5.56 Å². The molecule has 0 aliphatic carbocycles. The molecule has 0 saturated carbocycles. The average Bonchev–Trinajstić information content (AvgIpc) is 2.43. The van der Waals surface area contributed by atoms with Crippen LogP contribution in [0.5, 0.6) is 0 Å². The summed E-state index contributed by atoms with van der Waals surface area (Å²) in [5, 5.41) is 2.68. The fourth-order valence-electron chi connectivity index (χ4n) is 1.35. The van der Waals surface area contributed by atoms with Gasteiger partial charge in [-0.3, -0.25) is 9.59 Å². The Balaban J connectivity index is 2.48. The molecule has 0 radical (unpaired) electrons. The van der Waals surface area contributed by atoms with Crippen LogP contribution in [0.1, 0.15) is 22.8 Å². The zero-order valence-corrected chi connectivity index (χ0v) is 10.6. The summed E-state index contributed by atoms with van der Waals surface area (Å²) in [5.41, 5.74) is 1.82. The highest BCUT2D eigenvalue weighted by molar-refractivity contribution is 6.04. The third-order valence-electron chi connectivity index (χ3n) is 2.47. The van der Waals surface area contributed by atoms with Crippen molar-refractivity contribution in [3.05, 3.63) is 47.7 Å². The van der Waals surface area contributed by atoms with Gasteiger partial charge in [0.15, 0.2) is 5.78 Å². The number of benzene rings is 1. The molecule has 0 fully saturated rings. The topological polar surface area (TPSA) is 55.4 Å². The maximum Gasteiger partial charge on any atom is 0.325 e. The quantitative estimate of drug-likeness (QED) is 0.472. The van der Waals surface area contributed by atoms with E-state index in [2.05, 4.69) is 17.0 Å². The van der Waals surface area contributed by atoms with Crippen molar-refractivity contribution in [3.8, 4) is 0 Å². The van der Waals surface area contributed by atoms with E-state index in [1.54, 1.807) is 12.1 Å². The van der Waals surface area contributed by atoms with Crippen molar-refractivity contribution < 1.29 is 14.3 Å². The number of rotatable bonds is 6. The Morgan fingerprint density at radius 1 is 1.28 bits per heavy atom. The molecule has 0 bridgehead atoms. The molecule has 0 saturated heterocycles. The van der Waals surface area contributed by atoms with Gasteiger partial charge in [0.25, 0.3) is 0 Å². The molecule has 0 aliphatic heterocycles. The number of methoxy groups -OCH3 is 1. The fourth-order valence-corrected chi connectivity index (χ4v) is 1.35. The number of ether oxygens (including phenoxy) is 1. The van der Waals surface area contributed by atoms with Gasteiger partial charge in [-0.15, -0.1) is 0 Å². The van der Waals surface area contributed by atoms with Gasteiger partial charge in [0.2, 0.25) is 0 Å². The molecule has 0 atom stereocenters. The number of aryl methyl sites for hydroxylation is 1. The molecule has 0 aromatic heterocycles. The van der Waals surface area contributed by atoms with Crippen molar-refractivity contribution in [3.63, 3.8) is 0 Å². The monoisotopic (exact) mass is 247 g/mol. The van der Waals surface area contributed by atoms with Crippen molar-refractivity contribution in [2.45, 2.75) is 13.3 Å². The molecule has 1 aromatic carbocycles. The Hall–Kier alpha value is -2.10. The first-order chi connectivity index (χ1) is 8.67. The molecule has 96 valence electrons. The lowest BCUT2D eigenvalue weighted by atomic mass is 10.1. The lowest BCUT2D eigenvalue weighted by Crippen LogP contribution is -2.19. The predicted octanol–water partition coefficient (Wildman–Crippen LogP) is 1.71. The van der Waals surface area contributed by atoms with Crippen LogP contribution in [0.25, 0.3) is 0 Å². The molecule has 0 amide bonds.